The molecule has 1 aliphatic rings. The lowest BCUT2D eigenvalue weighted by Gasteiger charge is -2.26. The Labute approximate surface area is 212 Å². The molecule has 0 unspecified atom stereocenters. The van der Waals surface area contributed by atoms with Crippen molar-refractivity contribution >= 4 is 28.9 Å². The van der Waals surface area contributed by atoms with Crippen molar-refractivity contribution in [3.8, 4) is 17.2 Å². The normalized spacial score (nSPS) is 13.3. The van der Waals surface area contributed by atoms with Gasteiger partial charge in [-0.2, -0.15) is 9.78 Å². The van der Waals surface area contributed by atoms with Crippen molar-refractivity contribution in [2.45, 2.75) is 0 Å². The van der Waals surface area contributed by atoms with Gasteiger partial charge in [-0.3, -0.25) is 9.59 Å². The Kier molecular flexibility index (Phi) is 6.97. The Hall–Kier alpha value is -4.14. The Morgan fingerprint density at radius 2 is 1.64 bits per heavy atom. The number of nitrogens with zero attached hydrogens (tertiary/aromatic N) is 3. The molecule has 0 aliphatic carbocycles. The SMILES string of the molecule is O=C(c1ccc(Nc2c(Oc3ccccc3)cnn(-c3ccccc3Cl)c2=O)cc1)N1CCOCC1. The third kappa shape index (κ3) is 5.10. The number of hydrogen-bond donors (Lipinski definition) is 1. The lowest BCUT2D eigenvalue weighted by Crippen LogP contribution is -2.40. The van der Waals surface area contributed by atoms with Crippen molar-refractivity contribution in [3.63, 3.8) is 0 Å². The smallest absolute Gasteiger partial charge is 0.299 e. The van der Waals surface area contributed by atoms with Gasteiger partial charge < -0.3 is 19.7 Å². The molecule has 0 atom stereocenters. The van der Waals surface area contributed by atoms with E-state index in [4.69, 9.17) is 21.1 Å². The quantitative estimate of drug-likeness (QED) is 0.404. The summed E-state index contributed by atoms with van der Waals surface area (Å²) in [6, 6.07) is 23.0. The monoisotopic (exact) mass is 502 g/mol. The number of carbonyl (C=O) groups is 1. The summed E-state index contributed by atoms with van der Waals surface area (Å²) in [6.07, 6.45) is 1.47. The van der Waals surface area contributed by atoms with Gasteiger partial charge in [-0.25, -0.2) is 0 Å². The Bertz CT molecular complexity index is 1420. The van der Waals surface area contributed by atoms with Gasteiger partial charge in [-0.05, 0) is 48.5 Å². The number of aromatic nitrogens is 2. The fourth-order valence-electron chi connectivity index (χ4n) is 3.83. The second-order valence-corrected chi connectivity index (χ2v) is 8.48. The molecule has 8 nitrogen and oxygen atoms in total. The summed E-state index contributed by atoms with van der Waals surface area (Å²) < 4.78 is 12.5. The molecule has 1 fully saturated rings. The van der Waals surface area contributed by atoms with Crippen molar-refractivity contribution in [1.82, 2.24) is 14.7 Å². The lowest BCUT2D eigenvalue weighted by molar-refractivity contribution is 0.0303. The molecular weight excluding hydrogens is 480 g/mol. The zero-order chi connectivity index (χ0) is 24.9. The van der Waals surface area contributed by atoms with Crippen LogP contribution in [-0.4, -0.2) is 46.9 Å². The molecule has 1 aliphatic heterocycles. The summed E-state index contributed by atoms with van der Waals surface area (Å²) in [4.78, 5) is 28.1. The highest BCUT2D eigenvalue weighted by Crippen LogP contribution is 2.29. The first-order chi connectivity index (χ1) is 17.6. The molecule has 4 aromatic rings. The van der Waals surface area contributed by atoms with Crippen LogP contribution in [0.4, 0.5) is 11.4 Å². The van der Waals surface area contributed by atoms with Crippen LogP contribution >= 0.6 is 11.6 Å². The number of para-hydroxylation sites is 2. The standard InChI is InChI=1S/C27H23ClN4O4/c28-22-8-4-5-9-23(22)32-27(34)25(24(18-29-32)36-21-6-2-1-3-7-21)30-20-12-10-19(11-13-20)26(33)31-14-16-35-17-15-31/h1-13,18,30H,14-17H2. The van der Waals surface area contributed by atoms with Gasteiger partial charge in [0.05, 0.1) is 30.1 Å². The third-order valence-corrected chi connectivity index (χ3v) is 6.01. The minimum absolute atomic E-state index is 0.0528. The van der Waals surface area contributed by atoms with Crippen LogP contribution in [0.25, 0.3) is 5.69 Å². The summed E-state index contributed by atoms with van der Waals surface area (Å²) in [6.45, 7) is 2.21. The van der Waals surface area contributed by atoms with Crippen molar-refractivity contribution in [2.24, 2.45) is 0 Å². The zero-order valence-electron chi connectivity index (χ0n) is 19.3. The Morgan fingerprint density at radius 3 is 2.36 bits per heavy atom. The number of benzene rings is 3. The van der Waals surface area contributed by atoms with Gasteiger partial charge in [0.2, 0.25) is 0 Å². The van der Waals surface area contributed by atoms with Crippen LogP contribution in [0.1, 0.15) is 10.4 Å². The van der Waals surface area contributed by atoms with Crippen LogP contribution in [0.15, 0.2) is 89.9 Å². The van der Waals surface area contributed by atoms with Crippen molar-refractivity contribution in [3.05, 3.63) is 106 Å². The molecule has 182 valence electrons. The maximum absolute atomic E-state index is 13.5. The van der Waals surface area contributed by atoms with E-state index in [0.717, 1.165) is 0 Å². The van der Waals surface area contributed by atoms with E-state index in [-0.39, 0.29) is 17.3 Å². The molecule has 0 radical (unpaired) electrons. The number of halogens is 1. The van der Waals surface area contributed by atoms with Crippen LogP contribution in [-0.2, 0) is 4.74 Å². The van der Waals surface area contributed by atoms with E-state index in [1.54, 1.807) is 65.6 Å². The molecule has 1 N–H and O–H groups in total. The van der Waals surface area contributed by atoms with Gasteiger partial charge in [0, 0.05) is 24.3 Å². The van der Waals surface area contributed by atoms with Gasteiger partial charge in [0.25, 0.3) is 11.5 Å². The zero-order valence-corrected chi connectivity index (χ0v) is 20.0. The minimum atomic E-state index is -0.440. The van der Waals surface area contributed by atoms with Crippen LogP contribution < -0.4 is 15.6 Å². The first-order valence-corrected chi connectivity index (χ1v) is 11.8. The van der Waals surface area contributed by atoms with Crippen molar-refractivity contribution < 1.29 is 14.3 Å². The van der Waals surface area contributed by atoms with Gasteiger partial charge >= 0.3 is 0 Å². The highest BCUT2D eigenvalue weighted by atomic mass is 35.5. The molecule has 1 amide bonds. The average Bonchev–Trinajstić information content (AvgIpc) is 2.92. The molecule has 3 aromatic carbocycles. The maximum Gasteiger partial charge on any atom is 0.299 e. The van der Waals surface area contributed by atoms with Gasteiger partial charge in [0.15, 0.2) is 11.4 Å². The number of carbonyl (C=O) groups excluding carboxylic acids is 1. The van der Waals surface area contributed by atoms with Crippen molar-refractivity contribution in [1.29, 1.82) is 0 Å². The Morgan fingerprint density at radius 1 is 0.944 bits per heavy atom. The number of ether oxygens (including phenoxy) is 2. The number of rotatable bonds is 6. The van der Waals surface area contributed by atoms with Crippen LogP contribution in [0.2, 0.25) is 5.02 Å². The summed E-state index contributed by atoms with van der Waals surface area (Å²) in [7, 11) is 0. The largest absolute Gasteiger partial charge is 0.453 e. The van der Waals surface area contributed by atoms with E-state index in [1.807, 2.05) is 18.2 Å². The molecule has 5 rings (SSSR count). The molecule has 0 bridgehead atoms. The summed E-state index contributed by atoms with van der Waals surface area (Å²) in [5.74, 6) is 0.759. The molecule has 0 saturated carbocycles. The van der Waals surface area contributed by atoms with Gasteiger partial charge in [0.1, 0.15) is 5.75 Å². The van der Waals surface area contributed by atoms with Crippen LogP contribution in [0.5, 0.6) is 11.5 Å². The molecule has 1 saturated heterocycles. The fourth-order valence-corrected chi connectivity index (χ4v) is 4.05. The van der Waals surface area contributed by atoms with E-state index in [1.165, 1.54) is 10.9 Å². The predicted octanol–water partition coefficient (Wildman–Crippen LogP) is 4.89. The van der Waals surface area contributed by atoms with Crippen molar-refractivity contribution in [2.75, 3.05) is 31.6 Å². The molecule has 2 heterocycles. The lowest BCUT2D eigenvalue weighted by atomic mass is 10.1. The first kappa shape index (κ1) is 23.6. The van der Waals surface area contributed by atoms with Gasteiger partial charge in [-0.15, -0.1) is 0 Å². The second-order valence-electron chi connectivity index (χ2n) is 8.07. The molecule has 0 spiro atoms. The number of amides is 1. The van der Waals surface area contributed by atoms with E-state index >= 15 is 0 Å². The van der Waals surface area contributed by atoms with E-state index in [0.29, 0.717) is 54.0 Å². The average molecular weight is 503 g/mol. The van der Waals surface area contributed by atoms with Gasteiger partial charge in [-0.1, -0.05) is 41.9 Å². The van der Waals surface area contributed by atoms with Crippen LogP contribution in [0.3, 0.4) is 0 Å². The second kappa shape index (κ2) is 10.6. The third-order valence-electron chi connectivity index (χ3n) is 5.69. The minimum Gasteiger partial charge on any atom is -0.453 e. The Balaban J connectivity index is 1.48. The number of nitrogens with one attached hydrogen (secondary N) is 1. The van der Waals surface area contributed by atoms with E-state index in [2.05, 4.69) is 10.4 Å². The summed E-state index contributed by atoms with van der Waals surface area (Å²) >= 11 is 6.33. The van der Waals surface area contributed by atoms with Crippen LogP contribution in [0, 0.1) is 0 Å². The highest BCUT2D eigenvalue weighted by Gasteiger charge is 2.19. The fraction of sp³-hybridized carbons (Fsp3) is 0.148. The number of morpholine rings is 1. The summed E-state index contributed by atoms with van der Waals surface area (Å²) in [5.41, 5.74) is 1.36. The number of anilines is 2. The maximum atomic E-state index is 13.5. The topological polar surface area (TPSA) is 85.7 Å². The first-order valence-electron chi connectivity index (χ1n) is 11.4. The molecule has 1 aromatic heterocycles. The van der Waals surface area contributed by atoms with E-state index < -0.39 is 5.56 Å². The summed E-state index contributed by atoms with van der Waals surface area (Å²) in [5, 5.41) is 7.83. The molecule has 9 heteroatoms. The molecular formula is C27H23ClN4O4. The highest BCUT2D eigenvalue weighted by molar-refractivity contribution is 6.32. The predicted molar refractivity (Wildman–Crippen MR) is 138 cm³/mol. The van der Waals surface area contributed by atoms with E-state index in [9.17, 15) is 9.59 Å². The number of hydrogen-bond acceptors (Lipinski definition) is 6. The molecule has 36 heavy (non-hydrogen) atoms.